The quantitative estimate of drug-likeness (QED) is 0.506. The van der Waals surface area contributed by atoms with Crippen molar-refractivity contribution in [2.24, 2.45) is 5.16 Å². The highest BCUT2D eigenvalue weighted by Gasteiger charge is 2.13. The van der Waals surface area contributed by atoms with Gasteiger partial charge >= 0.3 is 0 Å². The topological polar surface area (TPSA) is 45.1 Å². The Morgan fingerprint density at radius 1 is 1.33 bits per heavy atom. The van der Waals surface area contributed by atoms with Crippen molar-refractivity contribution in [3.8, 4) is 5.75 Å². The first kappa shape index (κ1) is 12.9. The third-order valence-electron chi connectivity index (χ3n) is 3.35. The third-order valence-corrected chi connectivity index (χ3v) is 3.35. The average molecular weight is 248 g/mol. The van der Waals surface area contributed by atoms with E-state index in [2.05, 4.69) is 10.1 Å². The molecule has 0 bridgehead atoms. The number of hydrogen-bond donors (Lipinski definition) is 1. The summed E-state index contributed by atoms with van der Waals surface area (Å²) in [4.78, 5) is 2.45. The lowest BCUT2D eigenvalue weighted by atomic mass is 10.1. The standard InChI is InChI=1S/C14H20N2O2/c1-18-14-6-5-12(10-15-17)9-13(14)11-16-7-3-2-4-8-16/h5-6,9-10,17H,2-4,7-8,11H2,1H3/b15-10-. The van der Waals surface area contributed by atoms with Gasteiger partial charge < -0.3 is 9.94 Å². The first-order valence-electron chi connectivity index (χ1n) is 6.40. The summed E-state index contributed by atoms with van der Waals surface area (Å²) in [5.74, 6) is 0.899. The van der Waals surface area contributed by atoms with Gasteiger partial charge in [-0.15, -0.1) is 0 Å². The zero-order valence-electron chi connectivity index (χ0n) is 10.8. The molecule has 0 radical (unpaired) electrons. The second-order valence-corrected chi connectivity index (χ2v) is 4.65. The average Bonchev–Trinajstić information content (AvgIpc) is 2.41. The number of nitrogens with zero attached hydrogens (tertiary/aromatic N) is 2. The summed E-state index contributed by atoms with van der Waals surface area (Å²) in [6, 6.07) is 5.84. The Morgan fingerprint density at radius 2 is 2.11 bits per heavy atom. The number of piperidine rings is 1. The first-order chi connectivity index (χ1) is 8.83. The van der Waals surface area contributed by atoms with Crippen molar-refractivity contribution < 1.29 is 9.94 Å². The van der Waals surface area contributed by atoms with Crippen LogP contribution in [0.3, 0.4) is 0 Å². The van der Waals surface area contributed by atoms with Crippen molar-refractivity contribution in [1.29, 1.82) is 0 Å². The molecule has 1 heterocycles. The van der Waals surface area contributed by atoms with Crippen LogP contribution in [0.1, 0.15) is 30.4 Å². The molecule has 18 heavy (non-hydrogen) atoms. The van der Waals surface area contributed by atoms with Crippen molar-refractivity contribution in [3.63, 3.8) is 0 Å². The lowest BCUT2D eigenvalue weighted by Crippen LogP contribution is -2.29. The van der Waals surface area contributed by atoms with Gasteiger partial charge in [0.2, 0.25) is 0 Å². The third kappa shape index (κ3) is 3.23. The number of ether oxygens (including phenoxy) is 1. The summed E-state index contributed by atoms with van der Waals surface area (Å²) in [5, 5.41) is 11.7. The number of oxime groups is 1. The summed E-state index contributed by atoms with van der Waals surface area (Å²) < 4.78 is 5.39. The molecule has 98 valence electrons. The van der Waals surface area contributed by atoms with Crippen LogP contribution >= 0.6 is 0 Å². The molecule has 4 heteroatoms. The summed E-state index contributed by atoms with van der Waals surface area (Å²) >= 11 is 0. The van der Waals surface area contributed by atoms with E-state index in [-0.39, 0.29) is 0 Å². The van der Waals surface area contributed by atoms with Gasteiger partial charge in [-0.3, -0.25) is 4.90 Å². The van der Waals surface area contributed by atoms with Crippen LogP contribution in [0.5, 0.6) is 5.75 Å². The van der Waals surface area contributed by atoms with Crippen LogP contribution in [-0.4, -0.2) is 36.5 Å². The molecule has 1 N–H and O–H groups in total. The van der Waals surface area contributed by atoms with Gasteiger partial charge in [-0.05, 0) is 49.7 Å². The van der Waals surface area contributed by atoms with Gasteiger partial charge in [-0.2, -0.15) is 0 Å². The summed E-state index contributed by atoms with van der Waals surface area (Å²) in [6.07, 6.45) is 5.34. The molecule has 0 amide bonds. The Morgan fingerprint density at radius 3 is 2.78 bits per heavy atom. The Bertz CT molecular complexity index is 412. The molecule has 1 fully saturated rings. The van der Waals surface area contributed by atoms with Crippen molar-refractivity contribution in [1.82, 2.24) is 4.90 Å². The SMILES string of the molecule is COc1ccc(/C=N\O)cc1CN1CCCCC1. The summed E-state index contributed by atoms with van der Waals surface area (Å²) in [5.41, 5.74) is 2.04. The second kappa shape index (κ2) is 6.40. The van der Waals surface area contributed by atoms with Gasteiger partial charge in [-0.1, -0.05) is 11.6 Å². The lowest BCUT2D eigenvalue weighted by Gasteiger charge is -2.27. The van der Waals surface area contributed by atoms with E-state index in [9.17, 15) is 0 Å². The minimum atomic E-state index is 0.894. The van der Waals surface area contributed by atoms with Crippen LogP contribution in [0.15, 0.2) is 23.4 Å². The van der Waals surface area contributed by atoms with Crippen LogP contribution in [0.2, 0.25) is 0 Å². The molecule has 1 aliphatic rings. The molecular weight excluding hydrogens is 228 g/mol. The van der Waals surface area contributed by atoms with Crippen molar-refractivity contribution >= 4 is 6.21 Å². The smallest absolute Gasteiger partial charge is 0.123 e. The normalized spacial score (nSPS) is 17.2. The molecule has 1 saturated heterocycles. The van der Waals surface area contributed by atoms with Crippen LogP contribution in [0.25, 0.3) is 0 Å². The maximum Gasteiger partial charge on any atom is 0.123 e. The van der Waals surface area contributed by atoms with Crippen LogP contribution in [0.4, 0.5) is 0 Å². The van der Waals surface area contributed by atoms with Crippen LogP contribution < -0.4 is 4.74 Å². The maximum atomic E-state index is 8.59. The van der Waals surface area contributed by atoms with E-state index in [1.165, 1.54) is 25.5 Å². The first-order valence-corrected chi connectivity index (χ1v) is 6.40. The maximum absolute atomic E-state index is 8.59. The van der Waals surface area contributed by atoms with E-state index >= 15 is 0 Å². The van der Waals surface area contributed by atoms with Gasteiger partial charge in [0, 0.05) is 12.1 Å². The van der Waals surface area contributed by atoms with Gasteiger partial charge in [0.15, 0.2) is 0 Å². The molecule has 0 atom stereocenters. The van der Waals surface area contributed by atoms with E-state index in [0.717, 1.165) is 36.5 Å². The van der Waals surface area contributed by atoms with E-state index in [1.807, 2.05) is 18.2 Å². The van der Waals surface area contributed by atoms with Crippen molar-refractivity contribution in [2.75, 3.05) is 20.2 Å². The van der Waals surface area contributed by atoms with Gasteiger partial charge in [0.25, 0.3) is 0 Å². The summed E-state index contributed by atoms with van der Waals surface area (Å²) in [7, 11) is 1.69. The molecule has 2 rings (SSSR count). The van der Waals surface area contributed by atoms with Crippen molar-refractivity contribution in [3.05, 3.63) is 29.3 Å². The van der Waals surface area contributed by atoms with E-state index in [0.29, 0.717) is 0 Å². The number of rotatable bonds is 4. The number of likely N-dealkylation sites (tertiary alicyclic amines) is 1. The van der Waals surface area contributed by atoms with E-state index in [4.69, 9.17) is 9.94 Å². The van der Waals surface area contributed by atoms with E-state index in [1.54, 1.807) is 7.11 Å². The number of methoxy groups -OCH3 is 1. The fourth-order valence-corrected chi connectivity index (χ4v) is 2.43. The Balaban J connectivity index is 2.14. The Kier molecular flexibility index (Phi) is 4.59. The minimum Gasteiger partial charge on any atom is -0.496 e. The predicted molar refractivity (Wildman–Crippen MR) is 71.5 cm³/mol. The van der Waals surface area contributed by atoms with Gasteiger partial charge in [0.05, 0.1) is 13.3 Å². The molecule has 1 aromatic rings. The Labute approximate surface area is 108 Å². The summed E-state index contributed by atoms with van der Waals surface area (Å²) in [6.45, 7) is 3.21. The Hall–Kier alpha value is -1.55. The molecule has 1 aliphatic heterocycles. The fourth-order valence-electron chi connectivity index (χ4n) is 2.43. The van der Waals surface area contributed by atoms with E-state index < -0.39 is 0 Å². The van der Waals surface area contributed by atoms with Gasteiger partial charge in [-0.25, -0.2) is 0 Å². The highest BCUT2D eigenvalue weighted by molar-refractivity contribution is 5.79. The molecule has 0 aromatic heterocycles. The van der Waals surface area contributed by atoms with Crippen LogP contribution in [0, 0.1) is 0 Å². The molecule has 1 aromatic carbocycles. The zero-order chi connectivity index (χ0) is 12.8. The highest BCUT2D eigenvalue weighted by atomic mass is 16.5. The molecule has 4 nitrogen and oxygen atoms in total. The van der Waals surface area contributed by atoms with Gasteiger partial charge in [0.1, 0.15) is 5.75 Å². The highest BCUT2D eigenvalue weighted by Crippen LogP contribution is 2.22. The second-order valence-electron chi connectivity index (χ2n) is 4.65. The largest absolute Gasteiger partial charge is 0.496 e. The fraction of sp³-hybridized carbons (Fsp3) is 0.500. The van der Waals surface area contributed by atoms with Crippen molar-refractivity contribution in [2.45, 2.75) is 25.8 Å². The lowest BCUT2D eigenvalue weighted by molar-refractivity contribution is 0.218. The molecule has 0 spiro atoms. The molecule has 0 unspecified atom stereocenters. The minimum absolute atomic E-state index is 0.894. The number of benzene rings is 1. The molecule has 0 aliphatic carbocycles. The molecule has 0 saturated carbocycles. The number of hydrogen-bond acceptors (Lipinski definition) is 4. The zero-order valence-corrected chi connectivity index (χ0v) is 10.8. The molecular formula is C14H20N2O2. The van der Waals surface area contributed by atoms with Crippen LogP contribution in [-0.2, 0) is 6.54 Å². The monoisotopic (exact) mass is 248 g/mol. The predicted octanol–water partition coefficient (Wildman–Crippen LogP) is 2.49.